The third-order valence-corrected chi connectivity index (χ3v) is 5.93. The fourth-order valence-corrected chi connectivity index (χ4v) is 4.45. The molecule has 0 unspecified atom stereocenters. The molecular formula is C18H14N4O2S2. The first-order valence-electron chi connectivity index (χ1n) is 7.86. The van der Waals surface area contributed by atoms with Crippen LogP contribution in [0.3, 0.4) is 0 Å². The molecule has 2 N–H and O–H groups in total. The van der Waals surface area contributed by atoms with Gasteiger partial charge in [-0.05, 0) is 17.7 Å². The summed E-state index contributed by atoms with van der Waals surface area (Å²) in [4.78, 5) is 34.2. The molecule has 0 saturated carbocycles. The van der Waals surface area contributed by atoms with Gasteiger partial charge in [0.15, 0.2) is 5.16 Å². The Morgan fingerprint density at radius 3 is 2.77 bits per heavy atom. The van der Waals surface area contributed by atoms with E-state index in [1.807, 2.05) is 42.5 Å². The lowest BCUT2D eigenvalue weighted by atomic mass is 10.2. The van der Waals surface area contributed by atoms with Gasteiger partial charge in [-0.25, -0.2) is 9.97 Å². The van der Waals surface area contributed by atoms with Crippen LogP contribution >= 0.6 is 23.1 Å². The average Bonchev–Trinajstić information content (AvgIpc) is 3.02. The Kier molecular flexibility index (Phi) is 4.44. The highest BCUT2D eigenvalue weighted by Gasteiger charge is 2.17. The molecule has 6 nitrogen and oxygen atoms in total. The number of hydrogen-bond acceptors (Lipinski definition) is 6. The Morgan fingerprint density at radius 2 is 2.00 bits per heavy atom. The Hall–Kier alpha value is -2.71. The number of thioether (sulfide) groups is 1. The highest BCUT2D eigenvalue weighted by Crippen LogP contribution is 2.30. The van der Waals surface area contributed by atoms with Crippen molar-refractivity contribution in [3.05, 3.63) is 64.6 Å². The molecule has 8 heteroatoms. The van der Waals surface area contributed by atoms with Gasteiger partial charge in [0, 0.05) is 11.6 Å². The minimum Gasteiger partial charge on any atom is -0.369 e. The summed E-state index contributed by atoms with van der Waals surface area (Å²) in [6.45, 7) is 0.380. The standard InChI is InChI=1S/C18H14N4O2S2/c19-13(23)10-25-18-21-14-12-7-4-8-20-16(12)26-15(14)17(24)22(18)9-11-5-2-1-3-6-11/h1-8H,9-10H2,(H2,19,23). The van der Waals surface area contributed by atoms with Crippen molar-refractivity contribution in [2.45, 2.75) is 11.7 Å². The van der Waals surface area contributed by atoms with E-state index in [1.165, 1.54) is 23.1 Å². The van der Waals surface area contributed by atoms with Crippen LogP contribution in [0.2, 0.25) is 0 Å². The zero-order valence-electron chi connectivity index (χ0n) is 13.6. The van der Waals surface area contributed by atoms with Crippen molar-refractivity contribution in [2.75, 3.05) is 5.75 Å². The van der Waals surface area contributed by atoms with E-state index in [0.29, 0.717) is 21.9 Å². The fourth-order valence-electron chi connectivity index (χ4n) is 2.69. The number of benzene rings is 1. The minimum absolute atomic E-state index is 0.0626. The molecular weight excluding hydrogens is 368 g/mol. The molecule has 0 aliphatic carbocycles. The van der Waals surface area contributed by atoms with Crippen LogP contribution in [-0.2, 0) is 11.3 Å². The molecule has 4 aromatic rings. The molecule has 1 aromatic carbocycles. The van der Waals surface area contributed by atoms with Gasteiger partial charge in [0.2, 0.25) is 5.91 Å². The smallest absolute Gasteiger partial charge is 0.272 e. The fraction of sp³-hybridized carbons (Fsp3) is 0.111. The monoisotopic (exact) mass is 382 g/mol. The number of rotatable bonds is 5. The van der Waals surface area contributed by atoms with Gasteiger partial charge in [0.25, 0.3) is 5.56 Å². The van der Waals surface area contributed by atoms with Crippen LogP contribution < -0.4 is 11.3 Å². The molecule has 3 heterocycles. The molecule has 130 valence electrons. The van der Waals surface area contributed by atoms with E-state index < -0.39 is 5.91 Å². The van der Waals surface area contributed by atoms with Crippen LogP contribution in [0.25, 0.3) is 20.4 Å². The van der Waals surface area contributed by atoms with Crippen LogP contribution in [-0.4, -0.2) is 26.2 Å². The summed E-state index contributed by atoms with van der Waals surface area (Å²) >= 11 is 2.52. The van der Waals surface area contributed by atoms with E-state index in [-0.39, 0.29) is 11.3 Å². The molecule has 0 spiro atoms. The summed E-state index contributed by atoms with van der Waals surface area (Å²) in [6.07, 6.45) is 1.70. The predicted molar refractivity (Wildman–Crippen MR) is 105 cm³/mol. The van der Waals surface area contributed by atoms with Crippen molar-refractivity contribution in [3.8, 4) is 0 Å². The number of fused-ring (bicyclic) bond motifs is 3. The minimum atomic E-state index is -0.451. The summed E-state index contributed by atoms with van der Waals surface area (Å²) in [5.41, 5.74) is 6.76. The molecule has 4 rings (SSSR count). The van der Waals surface area contributed by atoms with Crippen LogP contribution in [0, 0.1) is 0 Å². The number of thiophene rings is 1. The van der Waals surface area contributed by atoms with Crippen LogP contribution in [0.15, 0.2) is 58.6 Å². The summed E-state index contributed by atoms with van der Waals surface area (Å²) in [5.74, 6) is -0.389. The van der Waals surface area contributed by atoms with Crippen LogP contribution in [0.1, 0.15) is 5.56 Å². The maximum absolute atomic E-state index is 13.1. The molecule has 1 amide bonds. The highest BCUT2D eigenvalue weighted by molar-refractivity contribution is 7.99. The number of amides is 1. The number of primary amides is 1. The number of hydrogen-bond donors (Lipinski definition) is 1. The van der Waals surface area contributed by atoms with E-state index in [0.717, 1.165) is 15.8 Å². The van der Waals surface area contributed by atoms with Crippen LogP contribution in [0.4, 0.5) is 0 Å². The third kappa shape index (κ3) is 3.09. The normalized spacial score (nSPS) is 11.2. The predicted octanol–water partition coefficient (Wildman–Crippen LogP) is 2.63. The average molecular weight is 382 g/mol. The zero-order chi connectivity index (χ0) is 18.1. The Balaban J connectivity index is 1.93. The first kappa shape index (κ1) is 16.7. The third-order valence-electron chi connectivity index (χ3n) is 3.84. The lowest BCUT2D eigenvalue weighted by molar-refractivity contribution is -0.115. The van der Waals surface area contributed by atoms with Gasteiger partial charge in [-0.1, -0.05) is 42.1 Å². The summed E-state index contributed by atoms with van der Waals surface area (Å²) in [5, 5.41) is 1.33. The van der Waals surface area contributed by atoms with Gasteiger partial charge < -0.3 is 5.73 Å². The van der Waals surface area contributed by atoms with Gasteiger partial charge in [0.05, 0.1) is 17.8 Å². The molecule has 3 aromatic heterocycles. The topological polar surface area (TPSA) is 90.9 Å². The second kappa shape index (κ2) is 6.89. The first-order valence-corrected chi connectivity index (χ1v) is 9.67. The molecule has 0 radical (unpaired) electrons. The van der Waals surface area contributed by atoms with Gasteiger partial charge in [-0.3, -0.25) is 14.2 Å². The molecule has 0 atom stereocenters. The molecule has 0 aliphatic rings. The number of carbonyl (C=O) groups is 1. The summed E-state index contributed by atoms with van der Waals surface area (Å²) in [6, 6.07) is 13.4. The maximum atomic E-state index is 13.1. The van der Waals surface area contributed by atoms with E-state index in [1.54, 1.807) is 10.8 Å². The number of carbonyl (C=O) groups excluding carboxylic acids is 1. The van der Waals surface area contributed by atoms with Crippen molar-refractivity contribution >= 4 is 49.4 Å². The molecule has 0 bridgehead atoms. The number of pyridine rings is 1. The van der Waals surface area contributed by atoms with Crippen LogP contribution in [0.5, 0.6) is 0 Å². The Labute approximate surface area is 156 Å². The van der Waals surface area contributed by atoms with Gasteiger partial charge in [0.1, 0.15) is 9.53 Å². The lowest BCUT2D eigenvalue weighted by Crippen LogP contribution is -2.24. The Morgan fingerprint density at radius 1 is 1.19 bits per heavy atom. The molecule has 0 aliphatic heterocycles. The molecule has 0 fully saturated rings. The quantitative estimate of drug-likeness (QED) is 0.423. The second-order valence-electron chi connectivity index (χ2n) is 5.66. The molecule has 26 heavy (non-hydrogen) atoms. The summed E-state index contributed by atoms with van der Waals surface area (Å²) < 4.78 is 2.17. The van der Waals surface area contributed by atoms with Crippen molar-refractivity contribution in [1.29, 1.82) is 0 Å². The SMILES string of the molecule is NC(=O)CSc1nc2c(sc3ncccc32)c(=O)n1Cc1ccccc1. The van der Waals surface area contributed by atoms with E-state index in [9.17, 15) is 9.59 Å². The van der Waals surface area contributed by atoms with E-state index in [2.05, 4.69) is 9.97 Å². The van der Waals surface area contributed by atoms with Crippen molar-refractivity contribution in [3.63, 3.8) is 0 Å². The second-order valence-corrected chi connectivity index (χ2v) is 7.60. The first-order chi connectivity index (χ1) is 12.6. The number of aromatic nitrogens is 3. The Bertz CT molecular complexity index is 1170. The largest absolute Gasteiger partial charge is 0.369 e. The molecule has 0 saturated heterocycles. The van der Waals surface area contributed by atoms with Gasteiger partial charge in [-0.15, -0.1) is 11.3 Å². The number of nitrogens with zero attached hydrogens (tertiary/aromatic N) is 3. The van der Waals surface area contributed by atoms with E-state index >= 15 is 0 Å². The van der Waals surface area contributed by atoms with Gasteiger partial charge >= 0.3 is 0 Å². The van der Waals surface area contributed by atoms with E-state index in [4.69, 9.17) is 5.73 Å². The zero-order valence-corrected chi connectivity index (χ0v) is 15.2. The van der Waals surface area contributed by atoms with Gasteiger partial charge in [-0.2, -0.15) is 0 Å². The number of nitrogens with two attached hydrogens (primary N) is 1. The van der Waals surface area contributed by atoms with Crippen molar-refractivity contribution in [2.24, 2.45) is 5.73 Å². The maximum Gasteiger partial charge on any atom is 0.272 e. The highest BCUT2D eigenvalue weighted by atomic mass is 32.2. The van der Waals surface area contributed by atoms with Crippen molar-refractivity contribution < 1.29 is 4.79 Å². The summed E-state index contributed by atoms with van der Waals surface area (Å²) in [7, 11) is 0. The lowest BCUT2D eigenvalue weighted by Gasteiger charge is -2.11. The van der Waals surface area contributed by atoms with Crippen molar-refractivity contribution in [1.82, 2.24) is 14.5 Å².